The number of imidazole rings is 1. The average molecular weight is 931 g/mol. The number of hydrogen-bond donors (Lipinski definition) is 0. The average Bonchev–Trinajstić information content (AvgIpc) is 3.88. The molecule has 0 spiro atoms. The Balaban J connectivity index is 0.000000248. The summed E-state index contributed by atoms with van der Waals surface area (Å²) in [6.07, 6.45) is 1.39. The molecule has 0 fully saturated rings. The molecule has 3 heterocycles. The first-order chi connectivity index (χ1) is 28.8. The molecule has 57 heavy (non-hydrogen) atoms. The molecule has 3 nitrogen and oxygen atoms in total. The molecule has 5 heteroatoms. The Hall–Kier alpha value is -6.23. The number of pyridine rings is 1. The molecule has 10 rings (SSSR count). The second-order valence-electron chi connectivity index (χ2n) is 13.6. The summed E-state index contributed by atoms with van der Waals surface area (Å²) in [4.78, 5) is 9.44. The standard InChI is InChI=1S/C40H27N2S.C12H10N.Ir/c1-27-23-32(29-15-7-3-8-16-29)39(33(24-27)30-17-9-4-10-18-30)42-37-20-12-11-19-36(37)41-40(42)35-26-43-38-22-21-31(25-34(35)38)28-13-5-2-6-14-28;1-10-7-8-12(13-9-10)11-5-3-2-4-6-11;/h2-25H,1H3;2-5,7-9H,1H3;/q2*-1;/i;1D3;. The van der Waals surface area contributed by atoms with Crippen LogP contribution in [0.3, 0.4) is 0 Å². The van der Waals surface area contributed by atoms with Crippen molar-refractivity contribution in [3.05, 3.63) is 211 Å². The molecule has 10 aromatic rings. The van der Waals surface area contributed by atoms with E-state index in [1.54, 1.807) is 29.5 Å². The Morgan fingerprint density at radius 3 is 1.89 bits per heavy atom. The van der Waals surface area contributed by atoms with Gasteiger partial charge in [-0.25, -0.2) is 0 Å². The third-order valence-corrected chi connectivity index (χ3v) is 10.7. The Morgan fingerprint density at radius 2 is 1.26 bits per heavy atom. The van der Waals surface area contributed by atoms with Crippen LogP contribution in [0.1, 0.15) is 15.2 Å². The smallest absolute Gasteiger partial charge is 0.0774 e. The predicted molar refractivity (Wildman–Crippen MR) is 235 cm³/mol. The summed E-state index contributed by atoms with van der Waals surface area (Å²) >= 11 is 1.65. The molecule has 0 aliphatic carbocycles. The van der Waals surface area contributed by atoms with E-state index in [-0.39, 0.29) is 25.7 Å². The Kier molecular flexibility index (Phi) is 10.1. The van der Waals surface area contributed by atoms with Crippen molar-refractivity contribution in [3.63, 3.8) is 0 Å². The summed E-state index contributed by atoms with van der Waals surface area (Å²) in [5.74, 6) is 0.899. The first-order valence-corrected chi connectivity index (χ1v) is 19.3. The summed E-state index contributed by atoms with van der Waals surface area (Å²) in [6.45, 7) is 0.0901. The zero-order valence-electron chi connectivity index (χ0n) is 34.0. The molecule has 0 aliphatic rings. The molecule has 0 amide bonds. The van der Waals surface area contributed by atoms with Gasteiger partial charge in [-0.05, 0) is 77.1 Å². The van der Waals surface area contributed by atoms with Gasteiger partial charge in [0.2, 0.25) is 0 Å². The maximum Gasteiger partial charge on any atom is 0.0774 e. The van der Waals surface area contributed by atoms with E-state index in [0.29, 0.717) is 0 Å². The van der Waals surface area contributed by atoms with Crippen molar-refractivity contribution >= 4 is 32.5 Å². The summed E-state index contributed by atoms with van der Waals surface area (Å²) in [7, 11) is 0. The van der Waals surface area contributed by atoms with Crippen LogP contribution in [0.4, 0.5) is 0 Å². The zero-order chi connectivity index (χ0) is 40.3. The maximum absolute atomic E-state index is 7.23. The number of fused-ring (bicyclic) bond motifs is 2. The van der Waals surface area contributed by atoms with E-state index < -0.39 is 6.85 Å². The van der Waals surface area contributed by atoms with Gasteiger partial charge in [-0.15, -0.1) is 41.3 Å². The minimum atomic E-state index is -2.09. The van der Waals surface area contributed by atoms with Gasteiger partial charge >= 0.3 is 0 Å². The summed E-state index contributed by atoms with van der Waals surface area (Å²) in [5.41, 5.74) is 14.3. The van der Waals surface area contributed by atoms with Crippen LogP contribution in [0, 0.1) is 25.2 Å². The second kappa shape index (κ2) is 16.9. The predicted octanol–water partition coefficient (Wildman–Crippen LogP) is 13.9. The third kappa shape index (κ3) is 7.79. The molecule has 0 bridgehead atoms. The van der Waals surface area contributed by atoms with Gasteiger partial charge in [0, 0.05) is 41.5 Å². The molecule has 1 radical (unpaired) electrons. The molecule has 0 saturated carbocycles. The monoisotopic (exact) mass is 931 g/mol. The van der Waals surface area contributed by atoms with E-state index in [1.165, 1.54) is 49.8 Å². The third-order valence-electron chi connectivity index (χ3n) is 9.80. The van der Waals surface area contributed by atoms with E-state index >= 15 is 0 Å². The fourth-order valence-electron chi connectivity index (χ4n) is 7.17. The fourth-order valence-corrected chi connectivity index (χ4v) is 7.99. The first kappa shape index (κ1) is 34.1. The van der Waals surface area contributed by atoms with Gasteiger partial charge in [0.25, 0.3) is 0 Å². The van der Waals surface area contributed by atoms with Crippen molar-refractivity contribution in [2.24, 2.45) is 0 Å². The van der Waals surface area contributed by atoms with Gasteiger partial charge < -0.3 is 9.55 Å². The Labute approximate surface area is 355 Å². The van der Waals surface area contributed by atoms with Crippen molar-refractivity contribution in [1.29, 1.82) is 0 Å². The van der Waals surface area contributed by atoms with Gasteiger partial charge in [-0.3, -0.25) is 16.3 Å². The molecule has 0 saturated heterocycles. The minimum absolute atomic E-state index is 0. The molecule has 7 aromatic carbocycles. The molecular weight excluding hydrogens is 891 g/mol. The van der Waals surface area contributed by atoms with Crippen LogP contribution in [-0.2, 0) is 20.1 Å². The van der Waals surface area contributed by atoms with Crippen molar-refractivity contribution in [1.82, 2.24) is 14.5 Å². The molecule has 277 valence electrons. The van der Waals surface area contributed by atoms with Gasteiger partial charge in [-0.1, -0.05) is 149 Å². The SMILES string of the molecule is Cc1cc(-c2ccccc2)c(-n2c(-c3[c-]sc4ccc(-c5ccccc5)cc34)nc3ccccc32)c(-c2ccccc2)c1.[2H]C([2H])([2H])c1ccc(-c2[c-]cccc2)nc1.[Ir]. The topological polar surface area (TPSA) is 30.7 Å². The maximum atomic E-state index is 7.23. The largest absolute Gasteiger partial charge is 0.332 e. The van der Waals surface area contributed by atoms with Crippen LogP contribution >= 0.6 is 11.3 Å². The van der Waals surface area contributed by atoms with Gasteiger partial charge in [0.15, 0.2) is 0 Å². The molecule has 0 N–H and O–H groups in total. The van der Waals surface area contributed by atoms with Crippen LogP contribution in [-0.4, -0.2) is 14.5 Å². The number of benzene rings is 7. The van der Waals surface area contributed by atoms with Crippen molar-refractivity contribution < 1.29 is 24.2 Å². The normalized spacial score (nSPS) is 11.8. The number of nitrogens with zero attached hydrogens (tertiary/aromatic N) is 3. The van der Waals surface area contributed by atoms with Gasteiger partial charge in [0.1, 0.15) is 0 Å². The van der Waals surface area contributed by atoms with Crippen molar-refractivity contribution in [2.75, 3.05) is 0 Å². The van der Waals surface area contributed by atoms with Gasteiger partial charge in [-0.2, -0.15) is 0 Å². The van der Waals surface area contributed by atoms with E-state index in [0.717, 1.165) is 44.8 Å². The van der Waals surface area contributed by atoms with Crippen LogP contribution in [0.15, 0.2) is 188 Å². The number of aromatic nitrogens is 3. The Bertz CT molecular complexity index is 2960. The van der Waals surface area contributed by atoms with Crippen LogP contribution in [0.5, 0.6) is 0 Å². The van der Waals surface area contributed by atoms with E-state index in [4.69, 9.17) is 9.10 Å². The number of aryl methyl sites for hydroxylation is 2. The molecule has 0 aliphatic heterocycles. The summed E-state index contributed by atoms with van der Waals surface area (Å²) in [6, 6.07) is 65.5. The van der Waals surface area contributed by atoms with Crippen molar-refractivity contribution in [3.8, 4) is 61.7 Å². The van der Waals surface area contributed by atoms with Gasteiger partial charge in [0.05, 0.1) is 22.5 Å². The first-order valence-electron chi connectivity index (χ1n) is 20.0. The van der Waals surface area contributed by atoms with E-state index in [1.807, 2.05) is 18.2 Å². The minimum Gasteiger partial charge on any atom is -0.332 e. The molecule has 0 unspecified atom stereocenters. The quantitative estimate of drug-likeness (QED) is 0.156. The molecule has 0 atom stereocenters. The number of para-hydroxylation sites is 2. The van der Waals surface area contributed by atoms with Crippen molar-refractivity contribution in [2.45, 2.75) is 13.8 Å². The fraction of sp³-hybridized carbons (Fsp3) is 0.0385. The molecular formula is C52H37IrN3S-2. The Morgan fingerprint density at radius 1 is 0.614 bits per heavy atom. The number of hydrogen-bond acceptors (Lipinski definition) is 3. The van der Waals surface area contributed by atoms with Crippen LogP contribution in [0.25, 0.3) is 82.8 Å². The number of thiophene rings is 1. The summed E-state index contributed by atoms with van der Waals surface area (Å²) < 4.78 is 25.3. The summed E-state index contributed by atoms with van der Waals surface area (Å²) in [5, 5.41) is 4.83. The van der Waals surface area contributed by atoms with E-state index in [2.05, 4.69) is 174 Å². The van der Waals surface area contributed by atoms with E-state index in [9.17, 15) is 0 Å². The zero-order valence-corrected chi connectivity index (χ0v) is 34.2. The van der Waals surface area contributed by atoms with Crippen LogP contribution < -0.4 is 0 Å². The second-order valence-corrected chi connectivity index (χ2v) is 14.4. The molecule has 3 aromatic heterocycles. The van der Waals surface area contributed by atoms with Crippen LogP contribution in [0.2, 0.25) is 0 Å². The number of rotatable bonds is 6.